The first-order valence-electron chi connectivity index (χ1n) is 7.99. The van der Waals surface area contributed by atoms with Crippen molar-refractivity contribution in [2.45, 2.75) is 18.7 Å². The van der Waals surface area contributed by atoms with E-state index < -0.39 is 41.6 Å². The molecule has 0 bridgehead atoms. The molecule has 28 heavy (non-hydrogen) atoms. The molecule has 0 spiro atoms. The molecular formula is C19H12BrF5O3. The van der Waals surface area contributed by atoms with Gasteiger partial charge in [0.05, 0.1) is 12.2 Å². The van der Waals surface area contributed by atoms with Gasteiger partial charge in [0.2, 0.25) is 0 Å². The highest BCUT2D eigenvalue weighted by atomic mass is 79.9. The smallest absolute Gasteiger partial charge is 0.432 e. The maximum absolute atomic E-state index is 15.1. The molecule has 0 saturated heterocycles. The highest BCUT2D eigenvalue weighted by Gasteiger charge is 2.64. The van der Waals surface area contributed by atoms with E-state index >= 15 is 4.39 Å². The molecule has 0 saturated carbocycles. The monoisotopic (exact) mass is 462 g/mol. The summed E-state index contributed by atoms with van der Waals surface area (Å²) in [5.74, 6) is -5.61. The molecule has 0 aromatic heterocycles. The van der Waals surface area contributed by atoms with E-state index in [-0.39, 0.29) is 10.8 Å². The van der Waals surface area contributed by atoms with Crippen LogP contribution in [-0.2, 0) is 15.1 Å². The number of hydrogen-bond acceptors (Lipinski definition) is 3. The predicted octanol–water partition coefficient (Wildman–Crippen LogP) is 5.35. The Hall–Kier alpha value is -2.26. The van der Waals surface area contributed by atoms with Gasteiger partial charge in [0.15, 0.2) is 0 Å². The second kappa shape index (κ2) is 6.97. The van der Waals surface area contributed by atoms with Crippen molar-refractivity contribution in [2.75, 3.05) is 6.61 Å². The number of alkyl halides is 3. The third-order valence-electron chi connectivity index (χ3n) is 4.36. The van der Waals surface area contributed by atoms with E-state index in [0.717, 1.165) is 6.07 Å². The van der Waals surface area contributed by atoms with Crippen LogP contribution in [0.5, 0.6) is 0 Å². The quantitative estimate of drug-likeness (QED) is 0.324. The number of rotatable bonds is 3. The molecule has 3 aromatic rings. The first-order chi connectivity index (χ1) is 13.0. The summed E-state index contributed by atoms with van der Waals surface area (Å²) in [6, 6.07) is 8.09. The van der Waals surface area contributed by atoms with Gasteiger partial charge in [-0.2, -0.15) is 13.2 Å². The zero-order valence-electron chi connectivity index (χ0n) is 14.2. The number of aliphatic hydroxyl groups is 1. The number of benzene rings is 3. The Morgan fingerprint density at radius 3 is 2.32 bits per heavy atom. The lowest BCUT2D eigenvalue weighted by molar-refractivity contribution is -0.269. The fourth-order valence-electron chi connectivity index (χ4n) is 3.05. The van der Waals surface area contributed by atoms with Crippen LogP contribution in [0.15, 0.2) is 40.9 Å². The number of hydrogen-bond donors (Lipinski definition) is 1. The van der Waals surface area contributed by atoms with Gasteiger partial charge in [-0.05, 0) is 35.2 Å². The van der Waals surface area contributed by atoms with Crippen LogP contribution < -0.4 is 0 Å². The van der Waals surface area contributed by atoms with Crippen LogP contribution in [-0.4, -0.2) is 23.9 Å². The van der Waals surface area contributed by atoms with Crippen LogP contribution in [0.4, 0.5) is 22.0 Å². The van der Waals surface area contributed by atoms with E-state index in [1.54, 1.807) is 18.2 Å². The van der Waals surface area contributed by atoms with Crippen molar-refractivity contribution in [3.8, 4) is 0 Å². The summed E-state index contributed by atoms with van der Waals surface area (Å²) in [4.78, 5) is 11.9. The topological polar surface area (TPSA) is 46.5 Å². The Kier molecular flexibility index (Phi) is 5.09. The molecule has 0 aliphatic carbocycles. The molecule has 1 N–H and O–H groups in total. The van der Waals surface area contributed by atoms with Crippen LogP contribution in [0.25, 0.3) is 21.5 Å². The maximum atomic E-state index is 15.1. The summed E-state index contributed by atoms with van der Waals surface area (Å²) in [5.41, 5.74) is -6.31. The molecule has 9 heteroatoms. The van der Waals surface area contributed by atoms with E-state index in [1.807, 2.05) is 0 Å². The molecule has 0 aliphatic heterocycles. The fourth-order valence-corrected chi connectivity index (χ4v) is 3.55. The Labute approximate surface area is 163 Å². The predicted molar refractivity (Wildman–Crippen MR) is 95.7 cm³/mol. The van der Waals surface area contributed by atoms with Crippen molar-refractivity contribution in [3.63, 3.8) is 0 Å². The fraction of sp³-hybridized carbons (Fsp3) is 0.211. The second-order valence-corrected chi connectivity index (χ2v) is 6.83. The van der Waals surface area contributed by atoms with E-state index in [1.165, 1.54) is 13.0 Å². The van der Waals surface area contributed by atoms with Crippen molar-refractivity contribution in [3.05, 3.63) is 58.1 Å². The normalized spacial score (nSPS) is 14.3. The molecule has 0 heterocycles. The molecule has 0 aliphatic rings. The minimum atomic E-state index is -5.71. The van der Waals surface area contributed by atoms with Crippen molar-refractivity contribution in [2.24, 2.45) is 0 Å². The minimum absolute atomic E-state index is 0.00840. The average Bonchev–Trinajstić information content (AvgIpc) is 2.61. The van der Waals surface area contributed by atoms with Gasteiger partial charge in [0.25, 0.3) is 5.60 Å². The Morgan fingerprint density at radius 2 is 1.71 bits per heavy atom. The Morgan fingerprint density at radius 1 is 1.07 bits per heavy atom. The van der Waals surface area contributed by atoms with Gasteiger partial charge < -0.3 is 9.84 Å². The average molecular weight is 463 g/mol. The molecule has 0 fully saturated rings. The highest BCUT2D eigenvalue weighted by Crippen LogP contribution is 2.44. The first-order valence-corrected chi connectivity index (χ1v) is 8.79. The number of halogens is 6. The lowest BCUT2D eigenvalue weighted by atomic mass is 9.88. The molecule has 0 radical (unpaired) electrons. The standard InChI is InChI=1S/C19H12BrF5O3/c1-2-28-17(26)18(27,19(23,24)25)15-14(21)8-12-9-4-3-5-13(20)10(9)6-7-11(12)16(15)22/h3-8,27H,2H2,1H3. The second-order valence-electron chi connectivity index (χ2n) is 5.97. The van der Waals surface area contributed by atoms with Crippen molar-refractivity contribution in [1.82, 2.24) is 0 Å². The van der Waals surface area contributed by atoms with Crippen LogP contribution in [0, 0.1) is 11.6 Å². The van der Waals surface area contributed by atoms with E-state index in [9.17, 15) is 27.5 Å². The van der Waals surface area contributed by atoms with Crippen molar-refractivity contribution in [1.29, 1.82) is 0 Å². The number of carbonyl (C=O) groups excluding carboxylic acids is 1. The third-order valence-corrected chi connectivity index (χ3v) is 5.05. The Balaban J connectivity index is 2.42. The van der Waals surface area contributed by atoms with Gasteiger partial charge in [-0.25, -0.2) is 13.6 Å². The summed E-state index contributed by atoms with van der Waals surface area (Å²) in [6.07, 6.45) is -5.71. The molecule has 1 atom stereocenters. The lowest BCUT2D eigenvalue weighted by Crippen LogP contribution is -2.51. The number of ether oxygens (including phenoxy) is 1. The van der Waals surface area contributed by atoms with E-state index in [2.05, 4.69) is 20.7 Å². The summed E-state index contributed by atoms with van der Waals surface area (Å²) in [7, 11) is 0. The van der Waals surface area contributed by atoms with Crippen LogP contribution in [0.2, 0.25) is 0 Å². The molecule has 1 unspecified atom stereocenters. The zero-order chi connectivity index (χ0) is 20.9. The van der Waals surface area contributed by atoms with Gasteiger partial charge in [-0.3, -0.25) is 0 Å². The summed E-state index contributed by atoms with van der Waals surface area (Å²) < 4.78 is 75.3. The van der Waals surface area contributed by atoms with Gasteiger partial charge in [0.1, 0.15) is 11.6 Å². The van der Waals surface area contributed by atoms with Crippen molar-refractivity contribution >= 4 is 43.4 Å². The molecule has 148 valence electrons. The van der Waals surface area contributed by atoms with Gasteiger partial charge in [-0.1, -0.05) is 40.2 Å². The number of esters is 1. The van der Waals surface area contributed by atoms with E-state index in [0.29, 0.717) is 21.3 Å². The first kappa shape index (κ1) is 20.5. The number of fused-ring (bicyclic) bond motifs is 3. The van der Waals surface area contributed by atoms with Gasteiger partial charge in [-0.15, -0.1) is 0 Å². The summed E-state index contributed by atoms with van der Waals surface area (Å²) in [5, 5.41) is 10.7. The Bertz CT molecular complexity index is 1100. The summed E-state index contributed by atoms with van der Waals surface area (Å²) in [6.45, 7) is 0.679. The van der Waals surface area contributed by atoms with Crippen LogP contribution in [0.1, 0.15) is 12.5 Å². The molecule has 0 amide bonds. The maximum Gasteiger partial charge on any atom is 0.432 e. The van der Waals surface area contributed by atoms with Crippen LogP contribution >= 0.6 is 15.9 Å². The molecule has 3 nitrogen and oxygen atoms in total. The van der Waals surface area contributed by atoms with Crippen molar-refractivity contribution < 1.29 is 36.6 Å². The third kappa shape index (κ3) is 2.93. The zero-order valence-corrected chi connectivity index (χ0v) is 15.8. The highest BCUT2D eigenvalue weighted by molar-refractivity contribution is 9.10. The number of carbonyl (C=O) groups is 1. The molecule has 3 aromatic carbocycles. The van der Waals surface area contributed by atoms with Gasteiger partial charge >= 0.3 is 12.1 Å². The largest absolute Gasteiger partial charge is 0.463 e. The van der Waals surface area contributed by atoms with Crippen LogP contribution in [0.3, 0.4) is 0 Å². The SMILES string of the molecule is CCOC(=O)C(O)(c1c(F)cc2c(ccc3c(Br)cccc32)c1F)C(F)(F)F. The lowest BCUT2D eigenvalue weighted by Gasteiger charge is -2.29. The molecule has 3 rings (SSSR count). The van der Waals surface area contributed by atoms with Gasteiger partial charge in [0, 0.05) is 9.86 Å². The minimum Gasteiger partial charge on any atom is -0.463 e. The summed E-state index contributed by atoms with van der Waals surface area (Å²) >= 11 is 3.29. The van der Waals surface area contributed by atoms with E-state index in [4.69, 9.17) is 0 Å². The molecular weight excluding hydrogens is 451 g/mol.